The highest BCUT2D eigenvalue weighted by atomic mass is 15.1. The van der Waals surface area contributed by atoms with Gasteiger partial charge in [0.05, 0.1) is 0 Å². The third-order valence-corrected chi connectivity index (χ3v) is 2.70. The van der Waals surface area contributed by atoms with E-state index in [2.05, 4.69) is 56.1 Å². The normalized spacial score (nSPS) is 13.1. The van der Waals surface area contributed by atoms with Gasteiger partial charge in [-0.05, 0) is 38.9 Å². The molecular formula is C13H21N. The molecule has 0 heterocycles. The molecule has 0 saturated carbocycles. The molecule has 0 aliphatic carbocycles. The second-order valence-corrected chi connectivity index (χ2v) is 4.02. The van der Waals surface area contributed by atoms with E-state index in [4.69, 9.17) is 0 Å². The van der Waals surface area contributed by atoms with Crippen molar-refractivity contribution in [3.8, 4) is 0 Å². The summed E-state index contributed by atoms with van der Waals surface area (Å²) in [6.07, 6.45) is 2.38. The minimum absolute atomic E-state index is 0.636. The molecule has 78 valence electrons. The number of hydrogen-bond acceptors (Lipinski definition) is 1. The van der Waals surface area contributed by atoms with Crippen molar-refractivity contribution in [1.29, 1.82) is 0 Å². The Morgan fingerprint density at radius 1 is 1.21 bits per heavy atom. The van der Waals surface area contributed by atoms with E-state index in [0.29, 0.717) is 6.04 Å². The van der Waals surface area contributed by atoms with Gasteiger partial charge in [-0.2, -0.15) is 0 Å². The standard InChI is InChI=1S/C13H21N/c1-4-10-14(3)12(2)11-13-8-6-5-7-9-13/h5-9,12H,4,10-11H2,1-3H3. The van der Waals surface area contributed by atoms with E-state index in [9.17, 15) is 0 Å². The van der Waals surface area contributed by atoms with Gasteiger partial charge in [0.15, 0.2) is 0 Å². The summed E-state index contributed by atoms with van der Waals surface area (Å²) in [5.41, 5.74) is 1.43. The zero-order valence-corrected chi connectivity index (χ0v) is 9.53. The topological polar surface area (TPSA) is 3.24 Å². The summed E-state index contributed by atoms with van der Waals surface area (Å²) in [6.45, 7) is 5.71. The fraction of sp³-hybridized carbons (Fsp3) is 0.538. The first-order valence-electron chi connectivity index (χ1n) is 5.48. The first-order valence-corrected chi connectivity index (χ1v) is 5.48. The molecule has 14 heavy (non-hydrogen) atoms. The smallest absolute Gasteiger partial charge is 0.0104 e. The molecule has 1 heteroatoms. The first kappa shape index (κ1) is 11.3. The van der Waals surface area contributed by atoms with Gasteiger partial charge in [0.1, 0.15) is 0 Å². The summed E-state index contributed by atoms with van der Waals surface area (Å²) < 4.78 is 0. The van der Waals surface area contributed by atoms with Crippen LogP contribution in [0.15, 0.2) is 30.3 Å². The molecule has 0 amide bonds. The van der Waals surface area contributed by atoms with Crippen LogP contribution in [0.4, 0.5) is 0 Å². The van der Waals surface area contributed by atoms with Crippen molar-refractivity contribution in [3.63, 3.8) is 0 Å². The van der Waals surface area contributed by atoms with Crippen molar-refractivity contribution in [2.75, 3.05) is 13.6 Å². The third-order valence-electron chi connectivity index (χ3n) is 2.70. The van der Waals surface area contributed by atoms with Gasteiger partial charge < -0.3 is 4.90 Å². The third kappa shape index (κ3) is 3.51. The van der Waals surface area contributed by atoms with Crippen molar-refractivity contribution in [2.24, 2.45) is 0 Å². The van der Waals surface area contributed by atoms with Gasteiger partial charge in [-0.1, -0.05) is 37.3 Å². The molecule has 0 N–H and O–H groups in total. The minimum atomic E-state index is 0.636. The second-order valence-electron chi connectivity index (χ2n) is 4.02. The van der Waals surface area contributed by atoms with Crippen molar-refractivity contribution in [3.05, 3.63) is 35.9 Å². The van der Waals surface area contributed by atoms with Crippen LogP contribution in [0.25, 0.3) is 0 Å². The quantitative estimate of drug-likeness (QED) is 0.691. The molecule has 0 spiro atoms. The molecule has 1 unspecified atom stereocenters. The Bertz CT molecular complexity index is 243. The van der Waals surface area contributed by atoms with Gasteiger partial charge in [0.25, 0.3) is 0 Å². The van der Waals surface area contributed by atoms with E-state index in [0.717, 1.165) is 6.42 Å². The molecule has 0 bridgehead atoms. The molecule has 0 aromatic heterocycles. The minimum Gasteiger partial charge on any atom is -0.303 e. The lowest BCUT2D eigenvalue weighted by molar-refractivity contribution is 0.257. The molecule has 1 atom stereocenters. The Hall–Kier alpha value is -0.820. The zero-order valence-electron chi connectivity index (χ0n) is 9.53. The first-order chi connectivity index (χ1) is 6.74. The predicted molar refractivity (Wildman–Crippen MR) is 62.5 cm³/mol. The van der Waals surface area contributed by atoms with Gasteiger partial charge >= 0.3 is 0 Å². The number of rotatable bonds is 5. The van der Waals surface area contributed by atoms with Gasteiger partial charge in [-0.15, -0.1) is 0 Å². The Morgan fingerprint density at radius 2 is 1.86 bits per heavy atom. The number of hydrogen-bond donors (Lipinski definition) is 0. The van der Waals surface area contributed by atoms with Gasteiger partial charge in [0, 0.05) is 6.04 Å². The maximum atomic E-state index is 2.42. The summed E-state index contributed by atoms with van der Waals surface area (Å²) >= 11 is 0. The largest absolute Gasteiger partial charge is 0.303 e. The molecule has 1 nitrogen and oxygen atoms in total. The maximum absolute atomic E-state index is 2.42. The molecule has 0 fully saturated rings. The average Bonchev–Trinajstić information content (AvgIpc) is 2.19. The van der Waals surface area contributed by atoms with E-state index in [1.165, 1.54) is 18.5 Å². The van der Waals surface area contributed by atoms with Crippen LogP contribution in [-0.4, -0.2) is 24.5 Å². The van der Waals surface area contributed by atoms with E-state index in [-0.39, 0.29) is 0 Å². The Balaban J connectivity index is 2.44. The monoisotopic (exact) mass is 191 g/mol. The van der Waals surface area contributed by atoms with E-state index >= 15 is 0 Å². The highest BCUT2D eigenvalue weighted by Crippen LogP contribution is 2.07. The lowest BCUT2D eigenvalue weighted by atomic mass is 10.1. The molecule has 1 rings (SSSR count). The predicted octanol–water partition coefficient (Wildman–Crippen LogP) is 2.96. The van der Waals surface area contributed by atoms with Gasteiger partial charge in [0.2, 0.25) is 0 Å². The average molecular weight is 191 g/mol. The van der Waals surface area contributed by atoms with E-state index < -0.39 is 0 Å². The number of nitrogens with zero attached hydrogens (tertiary/aromatic N) is 1. The highest BCUT2D eigenvalue weighted by Gasteiger charge is 2.07. The SMILES string of the molecule is CCCN(C)C(C)Cc1ccccc1. The summed E-state index contributed by atoms with van der Waals surface area (Å²) in [7, 11) is 2.21. The summed E-state index contributed by atoms with van der Waals surface area (Å²) in [5.74, 6) is 0. The van der Waals surface area contributed by atoms with Crippen LogP contribution in [0.5, 0.6) is 0 Å². The van der Waals surface area contributed by atoms with Crippen LogP contribution in [0, 0.1) is 0 Å². The Labute approximate surface area is 87.7 Å². The van der Waals surface area contributed by atoms with Crippen molar-refractivity contribution in [2.45, 2.75) is 32.7 Å². The number of likely N-dealkylation sites (N-methyl/N-ethyl adjacent to an activating group) is 1. The summed E-state index contributed by atoms with van der Waals surface area (Å²) in [6, 6.07) is 11.3. The molecule has 0 aliphatic heterocycles. The van der Waals surface area contributed by atoms with Crippen LogP contribution in [0.2, 0.25) is 0 Å². The highest BCUT2D eigenvalue weighted by molar-refractivity contribution is 5.15. The van der Waals surface area contributed by atoms with E-state index in [1.54, 1.807) is 0 Å². The van der Waals surface area contributed by atoms with Gasteiger partial charge in [-0.3, -0.25) is 0 Å². The maximum Gasteiger partial charge on any atom is 0.0104 e. The van der Waals surface area contributed by atoms with Gasteiger partial charge in [-0.25, -0.2) is 0 Å². The summed E-state index contributed by atoms with van der Waals surface area (Å²) in [4.78, 5) is 2.42. The van der Waals surface area contributed by atoms with Crippen LogP contribution in [0.1, 0.15) is 25.8 Å². The molecule has 1 aromatic carbocycles. The molecule has 0 aliphatic rings. The van der Waals surface area contributed by atoms with Crippen LogP contribution >= 0.6 is 0 Å². The molecule has 0 radical (unpaired) electrons. The fourth-order valence-electron chi connectivity index (χ4n) is 1.68. The molecule has 1 aromatic rings. The lowest BCUT2D eigenvalue weighted by Gasteiger charge is -2.24. The fourth-order valence-corrected chi connectivity index (χ4v) is 1.68. The Kier molecular flexibility index (Phi) is 4.68. The van der Waals surface area contributed by atoms with Crippen molar-refractivity contribution in [1.82, 2.24) is 4.90 Å². The number of benzene rings is 1. The Morgan fingerprint density at radius 3 is 2.43 bits per heavy atom. The lowest BCUT2D eigenvalue weighted by Crippen LogP contribution is -2.31. The van der Waals surface area contributed by atoms with Crippen molar-refractivity contribution >= 4 is 0 Å². The van der Waals surface area contributed by atoms with Crippen LogP contribution in [-0.2, 0) is 6.42 Å². The summed E-state index contributed by atoms with van der Waals surface area (Å²) in [5, 5.41) is 0. The van der Waals surface area contributed by atoms with E-state index in [1.807, 2.05) is 0 Å². The second kappa shape index (κ2) is 5.82. The van der Waals surface area contributed by atoms with Crippen LogP contribution in [0.3, 0.4) is 0 Å². The zero-order chi connectivity index (χ0) is 10.4. The molecule has 0 saturated heterocycles. The molecular weight excluding hydrogens is 170 g/mol. The van der Waals surface area contributed by atoms with Crippen LogP contribution < -0.4 is 0 Å². The van der Waals surface area contributed by atoms with Crippen molar-refractivity contribution < 1.29 is 0 Å².